The summed E-state index contributed by atoms with van der Waals surface area (Å²) in [5, 5.41) is 6.20. The van der Waals surface area contributed by atoms with Crippen molar-refractivity contribution < 1.29 is 22.6 Å². The van der Waals surface area contributed by atoms with Crippen molar-refractivity contribution in [1.82, 2.24) is 0 Å². The van der Waals surface area contributed by atoms with Crippen LogP contribution >= 0.6 is 0 Å². The van der Waals surface area contributed by atoms with Crippen LogP contribution < -0.4 is 4.74 Å². The fraction of sp³-hybridized carbons (Fsp3) is 0.400. The van der Waals surface area contributed by atoms with Crippen LogP contribution in [0.3, 0.4) is 0 Å². The van der Waals surface area contributed by atoms with E-state index >= 15 is 0 Å². The highest BCUT2D eigenvalue weighted by Gasteiger charge is 2.65. The van der Waals surface area contributed by atoms with Gasteiger partial charge in [-0.1, -0.05) is 12.1 Å². The van der Waals surface area contributed by atoms with Gasteiger partial charge in [-0.25, -0.2) is 0 Å². The van der Waals surface area contributed by atoms with Crippen LogP contribution in [0, 0.1) is 0 Å². The first kappa shape index (κ1) is 11.8. The van der Waals surface area contributed by atoms with Gasteiger partial charge in [0, 0.05) is 12.7 Å². The van der Waals surface area contributed by atoms with Gasteiger partial charge in [-0.2, -0.15) is 13.2 Å². The lowest BCUT2D eigenvalue weighted by Crippen LogP contribution is -2.29. The van der Waals surface area contributed by atoms with Gasteiger partial charge in [0.25, 0.3) is 0 Å². The molecular weight excluding hydrogens is 237 g/mol. The van der Waals surface area contributed by atoms with Gasteiger partial charge in [-0.15, -0.1) is 10.2 Å². The summed E-state index contributed by atoms with van der Waals surface area (Å²) < 4.78 is 47.7. The fourth-order valence-corrected chi connectivity index (χ4v) is 1.35. The predicted molar refractivity (Wildman–Crippen MR) is 51.5 cm³/mol. The maximum absolute atomic E-state index is 12.6. The fourth-order valence-electron chi connectivity index (χ4n) is 1.35. The zero-order chi connectivity index (χ0) is 12.5. The molecule has 1 aromatic rings. The molecule has 1 aliphatic rings. The van der Waals surface area contributed by atoms with Gasteiger partial charge in [0.05, 0.1) is 0 Å². The summed E-state index contributed by atoms with van der Waals surface area (Å²) in [6.07, 6.45) is -4.50. The van der Waals surface area contributed by atoms with E-state index in [1.165, 1.54) is 31.4 Å². The molecule has 17 heavy (non-hydrogen) atoms. The monoisotopic (exact) mass is 246 g/mol. The third-order valence-corrected chi connectivity index (χ3v) is 2.30. The summed E-state index contributed by atoms with van der Waals surface area (Å²) in [4.78, 5) is 0. The van der Waals surface area contributed by atoms with Crippen molar-refractivity contribution in [2.75, 3.05) is 13.9 Å². The van der Waals surface area contributed by atoms with Crippen LogP contribution in [0.5, 0.6) is 5.75 Å². The third-order valence-electron chi connectivity index (χ3n) is 2.30. The lowest BCUT2D eigenvalue weighted by Gasteiger charge is -2.15. The Labute approximate surface area is 95.1 Å². The Balaban J connectivity index is 2.14. The molecule has 0 saturated carbocycles. The average Bonchev–Trinajstić information content (AvgIpc) is 3.07. The first-order valence-electron chi connectivity index (χ1n) is 4.73. The summed E-state index contributed by atoms with van der Waals surface area (Å²) in [5.41, 5.74) is -2.39. The summed E-state index contributed by atoms with van der Waals surface area (Å²) in [6.45, 7) is 0.0402. The lowest BCUT2D eigenvalue weighted by molar-refractivity contribution is -0.166. The van der Waals surface area contributed by atoms with E-state index in [0.29, 0.717) is 5.75 Å². The Bertz CT molecular complexity index is 422. The summed E-state index contributed by atoms with van der Waals surface area (Å²) in [6, 6.07) is 5.42. The van der Waals surface area contributed by atoms with Crippen LogP contribution in [-0.4, -0.2) is 20.1 Å². The highest BCUT2D eigenvalue weighted by molar-refractivity contribution is 5.35. The van der Waals surface area contributed by atoms with E-state index < -0.39 is 11.8 Å². The second kappa shape index (κ2) is 3.99. The quantitative estimate of drug-likeness (QED) is 0.766. The number of alkyl halides is 3. The molecule has 0 bridgehead atoms. The number of ether oxygens (including phenoxy) is 2. The van der Waals surface area contributed by atoms with Gasteiger partial charge < -0.3 is 9.47 Å². The molecule has 0 saturated heterocycles. The second-order valence-electron chi connectivity index (χ2n) is 3.45. The molecule has 4 nitrogen and oxygen atoms in total. The highest BCUT2D eigenvalue weighted by atomic mass is 19.4. The highest BCUT2D eigenvalue weighted by Crippen LogP contribution is 2.52. The number of rotatable bonds is 4. The average molecular weight is 246 g/mol. The van der Waals surface area contributed by atoms with E-state index in [0.717, 1.165) is 0 Å². The van der Waals surface area contributed by atoms with Crippen molar-refractivity contribution in [3.63, 3.8) is 0 Å². The minimum Gasteiger partial charge on any atom is -0.468 e. The zero-order valence-electron chi connectivity index (χ0n) is 8.86. The Morgan fingerprint density at radius 1 is 1.18 bits per heavy atom. The molecule has 0 atom stereocenters. The van der Waals surface area contributed by atoms with E-state index in [-0.39, 0.29) is 12.4 Å². The van der Waals surface area contributed by atoms with Crippen LogP contribution in [0.2, 0.25) is 0 Å². The van der Waals surface area contributed by atoms with Crippen molar-refractivity contribution in [1.29, 1.82) is 0 Å². The second-order valence-corrected chi connectivity index (χ2v) is 3.45. The zero-order valence-corrected chi connectivity index (χ0v) is 8.86. The summed E-state index contributed by atoms with van der Waals surface area (Å²) >= 11 is 0. The SMILES string of the molecule is COCOc1ccc(C2(C(F)(F)F)N=N2)cc1. The lowest BCUT2D eigenvalue weighted by atomic mass is 10.0. The maximum Gasteiger partial charge on any atom is 0.442 e. The number of hydrogen-bond acceptors (Lipinski definition) is 4. The van der Waals surface area contributed by atoms with E-state index in [1.54, 1.807) is 0 Å². The van der Waals surface area contributed by atoms with Gasteiger partial charge in [-0.3, -0.25) is 0 Å². The van der Waals surface area contributed by atoms with Crippen LogP contribution in [0.25, 0.3) is 0 Å². The molecule has 0 amide bonds. The van der Waals surface area contributed by atoms with Crippen molar-refractivity contribution in [2.24, 2.45) is 10.2 Å². The first-order valence-corrected chi connectivity index (χ1v) is 4.73. The van der Waals surface area contributed by atoms with Gasteiger partial charge in [0.2, 0.25) is 0 Å². The van der Waals surface area contributed by atoms with Gasteiger partial charge in [-0.05, 0) is 12.1 Å². The molecule has 0 aromatic heterocycles. The first-order chi connectivity index (χ1) is 7.99. The van der Waals surface area contributed by atoms with Crippen LogP contribution in [0.15, 0.2) is 34.5 Å². The molecule has 92 valence electrons. The van der Waals surface area contributed by atoms with Crippen molar-refractivity contribution in [2.45, 2.75) is 11.8 Å². The number of benzene rings is 1. The molecule has 7 heteroatoms. The van der Waals surface area contributed by atoms with Crippen molar-refractivity contribution in [3.05, 3.63) is 29.8 Å². The van der Waals surface area contributed by atoms with E-state index in [9.17, 15) is 13.2 Å². The van der Waals surface area contributed by atoms with E-state index in [2.05, 4.69) is 15.0 Å². The normalized spacial score (nSPS) is 16.9. The minimum absolute atomic E-state index is 0.0187. The number of nitrogens with zero attached hydrogens (tertiary/aromatic N) is 2. The molecule has 0 radical (unpaired) electrons. The minimum atomic E-state index is -4.50. The molecular formula is C10H9F3N2O2. The third kappa shape index (κ3) is 2.10. The molecule has 0 unspecified atom stereocenters. The Kier molecular flexibility index (Phi) is 2.78. The van der Waals surface area contributed by atoms with E-state index in [4.69, 9.17) is 4.74 Å². The van der Waals surface area contributed by atoms with Crippen molar-refractivity contribution in [3.8, 4) is 5.75 Å². The van der Waals surface area contributed by atoms with Crippen molar-refractivity contribution >= 4 is 0 Å². The number of hydrogen-bond donors (Lipinski definition) is 0. The molecule has 1 aliphatic heterocycles. The van der Waals surface area contributed by atoms with Gasteiger partial charge in [0.15, 0.2) is 6.79 Å². The smallest absolute Gasteiger partial charge is 0.442 e. The topological polar surface area (TPSA) is 43.2 Å². The Morgan fingerprint density at radius 2 is 1.76 bits per heavy atom. The van der Waals surface area contributed by atoms with Gasteiger partial charge in [0.1, 0.15) is 5.75 Å². The molecule has 0 fully saturated rings. The van der Waals surface area contributed by atoms with Crippen LogP contribution in [0.4, 0.5) is 13.2 Å². The Morgan fingerprint density at radius 3 is 2.18 bits per heavy atom. The maximum atomic E-state index is 12.6. The van der Waals surface area contributed by atoms with E-state index in [1.807, 2.05) is 0 Å². The molecule has 0 aliphatic carbocycles. The number of methoxy groups -OCH3 is 1. The summed E-state index contributed by atoms with van der Waals surface area (Å²) in [7, 11) is 1.45. The molecule has 0 spiro atoms. The Hall–Kier alpha value is -1.63. The standard InChI is InChI=1S/C10H9F3N2O2/c1-16-6-17-8-4-2-7(3-5-8)9(14-15-9)10(11,12)13/h2-5H,6H2,1H3. The molecule has 2 rings (SSSR count). The largest absolute Gasteiger partial charge is 0.468 e. The molecule has 1 aromatic carbocycles. The van der Waals surface area contributed by atoms with Gasteiger partial charge >= 0.3 is 11.8 Å². The number of halogens is 3. The predicted octanol–water partition coefficient (Wildman–Crippen LogP) is 2.85. The van der Waals surface area contributed by atoms with Crippen LogP contribution in [0.1, 0.15) is 5.56 Å². The summed E-state index contributed by atoms with van der Waals surface area (Å²) in [5.74, 6) is 0.425. The molecule has 0 N–H and O–H groups in total. The molecule has 1 heterocycles. The van der Waals surface area contributed by atoms with Crippen LogP contribution in [-0.2, 0) is 10.4 Å².